The van der Waals surface area contributed by atoms with Crippen LogP contribution in [0.25, 0.3) is 0 Å². The standard InChI is InChI=1S/C20H34N4O2S/c1-15(2)24(5)27(25,26)19-12-8-17(9-13-19)14-22-20(21-4)23-18-10-6-16(3)7-11-18/h8-9,12-13,15-16,18H,6-7,10-11,14H2,1-5H3,(H2,21,22,23). The molecule has 2 rings (SSSR count). The molecule has 2 N–H and O–H groups in total. The molecular formula is C20H34N4O2S. The number of hydrogen-bond donors (Lipinski definition) is 2. The van der Waals surface area contributed by atoms with Crippen molar-refractivity contribution in [1.29, 1.82) is 0 Å². The summed E-state index contributed by atoms with van der Waals surface area (Å²) in [6.07, 6.45) is 4.88. The fourth-order valence-corrected chi connectivity index (χ4v) is 4.57. The van der Waals surface area contributed by atoms with Crippen molar-refractivity contribution in [3.05, 3.63) is 29.8 Å². The highest BCUT2D eigenvalue weighted by atomic mass is 32.2. The second-order valence-corrected chi connectivity index (χ2v) is 9.78. The molecule has 0 aromatic heterocycles. The molecule has 1 saturated carbocycles. The van der Waals surface area contributed by atoms with E-state index in [9.17, 15) is 8.42 Å². The number of nitrogens with one attached hydrogen (secondary N) is 2. The first-order chi connectivity index (χ1) is 12.7. The fraction of sp³-hybridized carbons (Fsp3) is 0.650. The van der Waals surface area contributed by atoms with Crippen LogP contribution in [0.3, 0.4) is 0 Å². The summed E-state index contributed by atoms with van der Waals surface area (Å²) in [4.78, 5) is 4.63. The normalized spacial score (nSPS) is 21.5. The molecule has 6 nitrogen and oxygen atoms in total. The van der Waals surface area contributed by atoms with Gasteiger partial charge in [0, 0.05) is 32.7 Å². The summed E-state index contributed by atoms with van der Waals surface area (Å²) < 4.78 is 26.4. The third-order valence-corrected chi connectivity index (χ3v) is 7.42. The van der Waals surface area contributed by atoms with Crippen LogP contribution in [0.2, 0.25) is 0 Å². The van der Waals surface area contributed by atoms with E-state index in [0.29, 0.717) is 17.5 Å². The summed E-state index contributed by atoms with van der Waals surface area (Å²) in [6, 6.07) is 7.45. The van der Waals surface area contributed by atoms with E-state index in [1.54, 1.807) is 26.2 Å². The molecule has 1 aliphatic rings. The van der Waals surface area contributed by atoms with Crippen LogP contribution in [-0.4, -0.2) is 44.9 Å². The molecule has 7 heteroatoms. The molecule has 0 amide bonds. The van der Waals surface area contributed by atoms with Crippen LogP contribution in [0.4, 0.5) is 0 Å². The number of guanidine groups is 1. The van der Waals surface area contributed by atoms with Gasteiger partial charge in [-0.15, -0.1) is 0 Å². The van der Waals surface area contributed by atoms with Crippen molar-refractivity contribution in [3.8, 4) is 0 Å². The fourth-order valence-electron chi connectivity index (χ4n) is 3.20. The molecular weight excluding hydrogens is 360 g/mol. The number of rotatable bonds is 6. The Hall–Kier alpha value is -1.60. The summed E-state index contributed by atoms with van der Waals surface area (Å²) in [6.45, 7) is 6.64. The maximum atomic E-state index is 12.5. The Morgan fingerprint density at radius 3 is 2.30 bits per heavy atom. The average Bonchev–Trinajstić information content (AvgIpc) is 2.66. The molecule has 1 aromatic rings. The molecule has 1 aromatic carbocycles. The van der Waals surface area contributed by atoms with Crippen molar-refractivity contribution in [2.75, 3.05) is 14.1 Å². The molecule has 0 atom stereocenters. The highest BCUT2D eigenvalue weighted by Crippen LogP contribution is 2.23. The van der Waals surface area contributed by atoms with Gasteiger partial charge in [-0.25, -0.2) is 8.42 Å². The Bertz CT molecular complexity index is 721. The van der Waals surface area contributed by atoms with E-state index in [0.717, 1.165) is 17.4 Å². The Balaban J connectivity index is 1.92. The van der Waals surface area contributed by atoms with Crippen molar-refractivity contribution in [2.45, 2.75) is 70.0 Å². The van der Waals surface area contributed by atoms with Crippen LogP contribution in [0, 0.1) is 5.92 Å². The van der Waals surface area contributed by atoms with Gasteiger partial charge in [-0.3, -0.25) is 4.99 Å². The first-order valence-electron chi connectivity index (χ1n) is 9.78. The zero-order valence-corrected chi connectivity index (χ0v) is 18.0. The molecule has 0 radical (unpaired) electrons. The third kappa shape index (κ3) is 5.94. The SMILES string of the molecule is CN=C(NCc1ccc(S(=O)(=O)N(C)C(C)C)cc1)NC1CCC(C)CC1. The maximum Gasteiger partial charge on any atom is 0.243 e. The smallest absolute Gasteiger partial charge is 0.243 e. The molecule has 0 bridgehead atoms. The van der Waals surface area contributed by atoms with Crippen LogP contribution >= 0.6 is 0 Å². The lowest BCUT2D eigenvalue weighted by atomic mass is 9.87. The van der Waals surface area contributed by atoms with Gasteiger partial charge >= 0.3 is 0 Å². The first-order valence-corrected chi connectivity index (χ1v) is 11.2. The molecule has 27 heavy (non-hydrogen) atoms. The number of aliphatic imine (C=N–C) groups is 1. The lowest BCUT2D eigenvalue weighted by Crippen LogP contribution is -2.44. The summed E-state index contributed by atoms with van der Waals surface area (Å²) >= 11 is 0. The van der Waals surface area contributed by atoms with Crippen molar-refractivity contribution >= 4 is 16.0 Å². The van der Waals surface area contributed by atoms with Crippen molar-refractivity contribution in [2.24, 2.45) is 10.9 Å². The number of benzene rings is 1. The third-order valence-electron chi connectivity index (χ3n) is 5.37. The molecule has 0 heterocycles. The van der Waals surface area contributed by atoms with Gasteiger partial charge < -0.3 is 10.6 Å². The van der Waals surface area contributed by atoms with E-state index in [4.69, 9.17) is 0 Å². The van der Waals surface area contributed by atoms with Gasteiger partial charge in [0.15, 0.2) is 5.96 Å². The average molecular weight is 395 g/mol. The van der Waals surface area contributed by atoms with E-state index >= 15 is 0 Å². The van der Waals surface area contributed by atoms with E-state index in [-0.39, 0.29) is 6.04 Å². The van der Waals surface area contributed by atoms with Gasteiger partial charge in [-0.2, -0.15) is 4.31 Å². The van der Waals surface area contributed by atoms with Crippen molar-refractivity contribution in [3.63, 3.8) is 0 Å². The van der Waals surface area contributed by atoms with Gasteiger partial charge in [0.2, 0.25) is 10.0 Å². The van der Waals surface area contributed by atoms with E-state index in [2.05, 4.69) is 22.5 Å². The van der Waals surface area contributed by atoms with Crippen molar-refractivity contribution in [1.82, 2.24) is 14.9 Å². The van der Waals surface area contributed by atoms with E-state index < -0.39 is 10.0 Å². The summed E-state index contributed by atoms with van der Waals surface area (Å²) in [5, 5.41) is 6.82. The van der Waals surface area contributed by atoms with E-state index in [1.165, 1.54) is 30.0 Å². The maximum absolute atomic E-state index is 12.5. The zero-order chi connectivity index (χ0) is 20.0. The van der Waals surface area contributed by atoms with Crippen LogP contribution in [0.15, 0.2) is 34.2 Å². The minimum absolute atomic E-state index is 0.0754. The lowest BCUT2D eigenvalue weighted by Gasteiger charge is -2.28. The van der Waals surface area contributed by atoms with Gasteiger partial charge in [0.05, 0.1) is 4.90 Å². The minimum Gasteiger partial charge on any atom is -0.354 e. The van der Waals surface area contributed by atoms with Gasteiger partial charge in [-0.1, -0.05) is 19.1 Å². The van der Waals surface area contributed by atoms with Gasteiger partial charge in [0.1, 0.15) is 0 Å². The monoisotopic (exact) mass is 394 g/mol. The minimum atomic E-state index is -3.44. The van der Waals surface area contributed by atoms with Crippen molar-refractivity contribution < 1.29 is 8.42 Å². The first kappa shape index (κ1) is 21.7. The van der Waals surface area contributed by atoms with Crippen LogP contribution in [-0.2, 0) is 16.6 Å². The van der Waals surface area contributed by atoms with Crippen LogP contribution in [0.5, 0.6) is 0 Å². The predicted octanol–water partition coefficient (Wildman–Crippen LogP) is 2.96. The molecule has 152 valence electrons. The summed E-state index contributed by atoms with van der Waals surface area (Å²) in [7, 11) is -0.0535. The Morgan fingerprint density at radius 1 is 1.19 bits per heavy atom. The molecule has 1 fully saturated rings. The summed E-state index contributed by atoms with van der Waals surface area (Å²) in [5.74, 6) is 1.62. The zero-order valence-electron chi connectivity index (χ0n) is 17.2. The molecule has 0 aliphatic heterocycles. The number of sulfonamides is 1. The highest BCUT2D eigenvalue weighted by Gasteiger charge is 2.23. The molecule has 0 spiro atoms. The Kier molecular flexibility index (Phi) is 7.68. The Morgan fingerprint density at radius 2 is 1.78 bits per heavy atom. The molecule has 0 saturated heterocycles. The van der Waals surface area contributed by atoms with Crippen LogP contribution in [0.1, 0.15) is 52.0 Å². The summed E-state index contributed by atoms with van der Waals surface area (Å²) in [5.41, 5.74) is 1.02. The van der Waals surface area contributed by atoms with Gasteiger partial charge in [-0.05, 0) is 63.1 Å². The Labute approximate surface area is 164 Å². The highest BCUT2D eigenvalue weighted by molar-refractivity contribution is 7.89. The van der Waals surface area contributed by atoms with Crippen LogP contribution < -0.4 is 10.6 Å². The molecule has 0 unspecified atom stereocenters. The quantitative estimate of drug-likeness (QED) is 0.575. The predicted molar refractivity (Wildman–Crippen MR) is 111 cm³/mol. The lowest BCUT2D eigenvalue weighted by molar-refractivity contribution is 0.329. The number of hydrogen-bond acceptors (Lipinski definition) is 3. The van der Waals surface area contributed by atoms with Gasteiger partial charge in [0.25, 0.3) is 0 Å². The second-order valence-electron chi connectivity index (χ2n) is 7.79. The number of nitrogens with zero attached hydrogens (tertiary/aromatic N) is 2. The topological polar surface area (TPSA) is 73.8 Å². The molecule has 1 aliphatic carbocycles. The largest absolute Gasteiger partial charge is 0.354 e. The van der Waals surface area contributed by atoms with E-state index in [1.807, 2.05) is 26.0 Å². The second kappa shape index (κ2) is 9.55.